The summed E-state index contributed by atoms with van der Waals surface area (Å²) < 4.78 is 13.8. The Balaban J connectivity index is 1.45. The third-order valence-corrected chi connectivity index (χ3v) is 6.01. The molecule has 1 aromatic carbocycles. The van der Waals surface area contributed by atoms with Gasteiger partial charge in [0, 0.05) is 30.3 Å². The summed E-state index contributed by atoms with van der Waals surface area (Å²) in [5.74, 6) is 0.452. The van der Waals surface area contributed by atoms with Crippen LogP contribution < -0.4 is 4.74 Å². The molecule has 0 N–H and O–H groups in total. The third kappa shape index (κ3) is 2.00. The molecule has 0 aliphatic carbocycles. The molecule has 126 valence electrons. The summed E-state index contributed by atoms with van der Waals surface area (Å²) in [5.41, 5.74) is 1.66. The quantitative estimate of drug-likeness (QED) is 0.796. The number of piperidine rings is 1. The lowest BCUT2D eigenvalue weighted by Crippen LogP contribution is -2.43. The number of fused-ring (bicyclic) bond motifs is 5. The largest absolute Gasteiger partial charge is 0.476 e. The minimum absolute atomic E-state index is 0.0296. The first kappa shape index (κ1) is 14.3. The van der Waals surface area contributed by atoms with E-state index in [-0.39, 0.29) is 12.1 Å². The first-order valence-corrected chi connectivity index (χ1v) is 8.89. The maximum Gasteiger partial charge on any atom is 0.344 e. The van der Waals surface area contributed by atoms with Gasteiger partial charge in [0.05, 0.1) is 12.1 Å². The highest BCUT2D eigenvalue weighted by Crippen LogP contribution is 2.38. The lowest BCUT2D eigenvalue weighted by Gasteiger charge is -2.35. The lowest BCUT2D eigenvalue weighted by molar-refractivity contribution is -0.000499. The van der Waals surface area contributed by atoms with Gasteiger partial charge in [-0.25, -0.2) is 4.79 Å². The molecule has 0 amide bonds. The van der Waals surface area contributed by atoms with Crippen molar-refractivity contribution in [2.24, 2.45) is 0 Å². The van der Waals surface area contributed by atoms with E-state index in [1.165, 1.54) is 12.8 Å². The van der Waals surface area contributed by atoms with E-state index >= 15 is 0 Å². The highest BCUT2D eigenvalue weighted by molar-refractivity contribution is 6.07. The fourth-order valence-corrected chi connectivity index (χ4v) is 4.75. The van der Waals surface area contributed by atoms with Gasteiger partial charge >= 0.3 is 5.97 Å². The molecular weight excluding hydrogens is 304 g/mol. The van der Waals surface area contributed by atoms with Crippen molar-refractivity contribution >= 4 is 16.9 Å². The number of nitrogens with zero attached hydrogens (tertiary/aromatic N) is 2. The van der Waals surface area contributed by atoms with Gasteiger partial charge in [-0.05, 0) is 26.0 Å². The molecular formula is C19H22N2O3. The molecule has 3 aliphatic rings. The van der Waals surface area contributed by atoms with Crippen LogP contribution >= 0.6 is 0 Å². The first-order chi connectivity index (χ1) is 11.7. The Labute approximate surface area is 141 Å². The summed E-state index contributed by atoms with van der Waals surface area (Å²) in [6.07, 6.45) is 4.38. The molecule has 4 heterocycles. The minimum atomic E-state index is -0.226. The van der Waals surface area contributed by atoms with Crippen molar-refractivity contribution in [3.63, 3.8) is 0 Å². The molecule has 24 heavy (non-hydrogen) atoms. The van der Waals surface area contributed by atoms with Crippen LogP contribution in [0.15, 0.2) is 24.3 Å². The van der Waals surface area contributed by atoms with Crippen molar-refractivity contribution in [1.29, 1.82) is 0 Å². The Morgan fingerprint density at radius 2 is 1.96 bits per heavy atom. The van der Waals surface area contributed by atoms with Gasteiger partial charge in [0.2, 0.25) is 5.88 Å². The Morgan fingerprint density at radius 1 is 1.21 bits per heavy atom. The number of hydrogen-bond acceptors (Lipinski definition) is 4. The van der Waals surface area contributed by atoms with Gasteiger partial charge < -0.3 is 18.9 Å². The highest BCUT2D eigenvalue weighted by atomic mass is 16.5. The van der Waals surface area contributed by atoms with Crippen LogP contribution in [0.4, 0.5) is 0 Å². The molecule has 0 radical (unpaired) electrons. The van der Waals surface area contributed by atoms with Crippen LogP contribution in [0.25, 0.3) is 10.9 Å². The SMILES string of the molecule is CN1[C@@H]2CC[C@H]1C[C@@H](OC(=O)c1c3n(c4ccccc14)CCO3)C2. The van der Waals surface area contributed by atoms with Crippen LogP contribution in [0.2, 0.25) is 0 Å². The maximum absolute atomic E-state index is 12.9. The summed E-state index contributed by atoms with van der Waals surface area (Å²) in [6, 6.07) is 9.12. The van der Waals surface area contributed by atoms with E-state index in [0.717, 1.165) is 30.3 Å². The van der Waals surface area contributed by atoms with Crippen molar-refractivity contribution in [3.05, 3.63) is 29.8 Å². The Kier molecular flexibility index (Phi) is 3.13. The van der Waals surface area contributed by atoms with Crippen molar-refractivity contribution < 1.29 is 14.3 Å². The Hall–Kier alpha value is -2.01. The molecule has 2 bridgehead atoms. The van der Waals surface area contributed by atoms with Crippen LogP contribution in [-0.4, -0.2) is 47.3 Å². The topological polar surface area (TPSA) is 43.7 Å². The summed E-state index contributed by atoms with van der Waals surface area (Å²) in [7, 11) is 2.20. The zero-order chi connectivity index (χ0) is 16.3. The summed E-state index contributed by atoms with van der Waals surface area (Å²) >= 11 is 0. The van der Waals surface area contributed by atoms with Crippen molar-refractivity contribution in [2.75, 3.05) is 13.7 Å². The number of ether oxygens (including phenoxy) is 2. The number of aromatic nitrogens is 1. The van der Waals surface area contributed by atoms with Crippen molar-refractivity contribution in [1.82, 2.24) is 9.47 Å². The monoisotopic (exact) mass is 326 g/mol. The zero-order valence-corrected chi connectivity index (χ0v) is 13.9. The molecule has 5 rings (SSSR count). The summed E-state index contributed by atoms with van der Waals surface area (Å²) in [4.78, 5) is 15.4. The summed E-state index contributed by atoms with van der Waals surface area (Å²) in [6.45, 7) is 1.42. The van der Waals surface area contributed by atoms with Gasteiger partial charge in [0.15, 0.2) is 0 Å². The number of carbonyl (C=O) groups is 1. The number of rotatable bonds is 2. The fraction of sp³-hybridized carbons (Fsp3) is 0.526. The molecule has 0 saturated carbocycles. The van der Waals surface area contributed by atoms with Gasteiger partial charge in [0.1, 0.15) is 18.3 Å². The Bertz CT molecular complexity index is 798. The Morgan fingerprint density at radius 3 is 2.75 bits per heavy atom. The van der Waals surface area contributed by atoms with Crippen LogP contribution in [0, 0.1) is 0 Å². The summed E-state index contributed by atoms with van der Waals surface area (Å²) in [5, 5.41) is 0.938. The fourth-order valence-electron chi connectivity index (χ4n) is 4.75. The second-order valence-electron chi connectivity index (χ2n) is 7.25. The van der Waals surface area contributed by atoms with E-state index in [1.54, 1.807) is 0 Å². The highest BCUT2D eigenvalue weighted by Gasteiger charge is 2.40. The third-order valence-electron chi connectivity index (χ3n) is 6.01. The zero-order valence-electron chi connectivity index (χ0n) is 13.9. The van der Waals surface area contributed by atoms with E-state index in [2.05, 4.69) is 16.5 Å². The van der Waals surface area contributed by atoms with Crippen LogP contribution in [-0.2, 0) is 11.3 Å². The van der Waals surface area contributed by atoms with E-state index in [1.807, 2.05) is 24.3 Å². The van der Waals surface area contributed by atoms with E-state index in [4.69, 9.17) is 9.47 Å². The molecule has 2 aromatic rings. The minimum Gasteiger partial charge on any atom is -0.476 e. The maximum atomic E-state index is 12.9. The smallest absolute Gasteiger partial charge is 0.344 e. The number of carbonyl (C=O) groups excluding carboxylic acids is 1. The van der Waals surface area contributed by atoms with Crippen LogP contribution in [0.5, 0.6) is 5.88 Å². The van der Waals surface area contributed by atoms with Crippen LogP contribution in [0.3, 0.4) is 0 Å². The number of esters is 1. The number of benzene rings is 1. The molecule has 5 nitrogen and oxygen atoms in total. The molecule has 3 atom stereocenters. The van der Waals surface area contributed by atoms with Gasteiger partial charge in [-0.3, -0.25) is 0 Å². The molecule has 0 unspecified atom stereocenters. The van der Waals surface area contributed by atoms with E-state index in [9.17, 15) is 4.79 Å². The second-order valence-corrected chi connectivity index (χ2v) is 7.25. The standard InChI is InChI=1S/C19H22N2O3/c1-20-12-6-7-13(20)11-14(10-12)24-19(22)17-15-4-2-3-5-16(15)21-8-9-23-18(17)21/h2-5,12-14H,6-11H2,1H3/t12-,13+,14+. The lowest BCUT2D eigenvalue weighted by atomic mass is 10.0. The normalized spacial score (nSPS) is 28.8. The second kappa shape index (κ2) is 5.24. The van der Waals surface area contributed by atoms with E-state index in [0.29, 0.717) is 30.1 Å². The average molecular weight is 326 g/mol. The van der Waals surface area contributed by atoms with Gasteiger partial charge in [0.25, 0.3) is 0 Å². The molecule has 3 aliphatic heterocycles. The van der Waals surface area contributed by atoms with E-state index < -0.39 is 0 Å². The molecule has 2 fully saturated rings. The molecule has 1 aromatic heterocycles. The van der Waals surface area contributed by atoms with Crippen LogP contribution in [0.1, 0.15) is 36.0 Å². The predicted octanol–water partition coefficient (Wildman–Crippen LogP) is 2.82. The number of para-hydroxylation sites is 1. The van der Waals surface area contributed by atoms with Crippen molar-refractivity contribution in [3.8, 4) is 5.88 Å². The van der Waals surface area contributed by atoms with Gasteiger partial charge in [-0.2, -0.15) is 0 Å². The average Bonchev–Trinajstić information content (AvgIpc) is 3.20. The number of hydrogen-bond donors (Lipinski definition) is 0. The predicted molar refractivity (Wildman–Crippen MR) is 90.4 cm³/mol. The van der Waals surface area contributed by atoms with Gasteiger partial charge in [-0.15, -0.1) is 0 Å². The van der Waals surface area contributed by atoms with Gasteiger partial charge in [-0.1, -0.05) is 18.2 Å². The molecule has 2 saturated heterocycles. The first-order valence-electron chi connectivity index (χ1n) is 8.89. The molecule has 5 heteroatoms. The van der Waals surface area contributed by atoms with Crippen molar-refractivity contribution in [2.45, 2.75) is 50.4 Å². The molecule has 0 spiro atoms.